The summed E-state index contributed by atoms with van der Waals surface area (Å²) in [6.07, 6.45) is 0.779. The number of benzene rings is 1. The standard InChI is InChI=1S/C10H5F2NO2/c11-8-3-1-2-6(9(8)12)4-7(5-13)10(14)15/h1-4H,(H,14,15). The molecule has 0 bridgehead atoms. The monoisotopic (exact) mass is 209 g/mol. The smallest absolute Gasteiger partial charge is 0.346 e. The van der Waals surface area contributed by atoms with Crippen molar-refractivity contribution in [3.63, 3.8) is 0 Å². The highest BCUT2D eigenvalue weighted by molar-refractivity contribution is 5.96. The third-order valence-electron chi connectivity index (χ3n) is 1.63. The summed E-state index contributed by atoms with van der Waals surface area (Å²) in [4.78, 5) is 10.4. The fourth-order valence-corrected chi connectivity index (χ4v) is 0.929. The molecule has 0 amide bonds. The molecule has 0 saturated carbocycles. The maximum atomic E-state index is 13.0. The Bertz CT molecular complexity index is 475. The van der Waals surface area contributed by atoms with Gasteiger partial charge in [-0.2, -0.15) is 5.26 Å². The van der Waals surface area contributed by atoms with Crippen molar-refractivity contribution in [3.05, 3.63) is 41.0 Å². The molecular weight excluding hydrogens is 204 g/mol. The molecule has 0 fully saturated rings. The molecule has 5 heteroatoms. The lowest BCUT2D eigenvalue weighted by atomic mass is 10.1. The van der Waals surface area contributed by atoms with Crippen LogP contribution < -0.4 is 0 Å². The van der Waals surface area contributed by atoms with E-state index in [1.165, 1.54) is 18.2 Å². The molecule has 3 nitrogen and oxygen atoms in total. The number of halogens is 2. The lowest BCUT2D eigenvalue weighted by Gasteiger charge is -1.97. The highest BCUT2D eigenvalue weighted by Crippen LogP contribution is 2.14. The summed E-state index contributed by atoms with van der Waals surface area (Å²) in [5, 5.41) is 16.9. The molecule has 0 aromatic heterocycles. The van der Waals surface area contributed by atoms with Crippen LogP contribution in [0.15, 0.2) is 23.8 Å². The predicted octanol–water partition coefficient (Wildman–Crippen LogP) is 1.96. The van der Waals surface area contributed by atoms with E-state index in [-0.39, 0.29) is 5.56 Å². The SMILES string of the molecule is N#CC(=Cc1cccc(F)c1F)C(=O)O. The Balaban J connectivity index is 3.25. The van der Waals surface area contributed by atoms with Crippen LogP contribution in [0.1, 0.15) is 5.56 Å². The molecule has 1 aromatic rings. The third-order valence-corrected chi connectivity index (χ3v) is 1.63. The lowest BCUT2D eigenvalue weighted by Crippen LogP contribution is -1.98. The zero-order chi connectivity index (χ0) is 11.4. The van der Waals surface area contributed by atoms with E-state index in [1.54, 1.807) is 0 Å². The van der Waals surface area contributed by atoms with Crippen LogP contribution in [0, 0.1) is 23.0 Å². The van der Waals surface area contributed by atoms with Crippen LogP contribution in [-0.4, -0.2) is 11.1 Å². The van der Waals surface area contributed by atoms with E-state index in [9.17, 15) is 13.6 Å². The summed E-state index contributed by atoms with van der Waals surface area (Å²) in [7, 11) is 0. The first-order valence-corrected chi connectivity index (χ1v) is 3.85. The van der Waals surface area contributed by atoms with E-state index >= 15 is 0 Å². The van der Waals surface area contributed by atoms with E-state index in [2.05, 4.69) is 0 Å². The van der Waals surface area contributed by atoms with Crippen molar-refractivity contribution in [2.75, 3.05) is 0 Å². The average Bonchev–Trinajstić information content (AvgIpc) is 2.19. The summed E-state index contributed by atoms with van der Waals surface area (Å²) in [5.41, 5.74) is -0.923. The first-order valence-electron chi connectivity index (χ1n) is 3.85. The van der Waals surface area contributed by atoms with Crippen LogP contribution in [0.3, 0.4) is 0 Å². The van der Waals surface area contributed by atoms with Crippen LogP contribution in [0.2, 0.25) is 0 Å². The van der Waals surface area contributed by atoms with Crippen LogP contribution >= 0.6 is 0 Å². The molecule has 1 aromatic carbocycles. The van der Waals surface area contributed by atoms with Gasteiger partial charge in [0, 0.05) is 5.56 Å². The van der Waals surface area contributed by atoms with Crippen molar-refractivity contribution in [1.29, 1.82) is 5.26 Å². The van der Waals surface area contributed by atoms with E-state index in [0.717, 1.165) is 12.1 Å². The second kappa shape index (κ2) is 4.33. The van der Waals surface area contributed by atoms with Gasteiger partial charge in [0.1, 0.15) is 11.6 Å². The van der Waals surface area contributed by atoms with Gasteiger partial charge in [-0.15, -0.1) is 0 Å². The van der Waals surface area contributed by atoms with Gasteiger partial charge in [0.25, 0.3) is 0 Å². The van der Waals surface area contributed by atoms with Gasteiger partial charge in [-0.1, -0.05) is 12.1 Å². The number of carboxylic acids is 1. The predicted molar refractivity (Wildman–Crippen MR) is 47.6 cm³/mol. The van der Waals surface area contributed by atoms with Crippen LogP contribution in [0.4, 0.5) is 8.78 Å². The van der Waals surface area contributed by atoms with Gasteiger partial charge in [0.05, 0.1) is 0 Å². The Hall–Kier alpha value is -2.22. The molecular formula is C10H5F2NO2. The lowest BCUT2D eigenvalue weighted by molar-refractivity contribution is -0.132. The normalized spacial score (nSPS) is 10.9. The first-order chi connectivity index (χ1) is 7.06. The van der Waals surface area contributed by atoms with Gasteiger partial charge in [0.2, 0.25) is 0 Å². The molecule has 0 atom stereocenters. The number of hydrogen-bond acceptors (Lipinski definition) is 2. The zero-order valence-corrected chi connectivity index (χ0v) is 7.37. The third kappa shape index (κ3) is 2.38. The molecule has 0 spiro atoms. The van der Waals surface area contributed by atoms with E-state index < -0.39 is 23.2 Å². The fourth-order valence-electron chi connectivity index (χ4n) is 0.929. The number of nitriles is 1. The van der Waals surface area contributed by atoms with Gasteiger partial charge >= 0.3 is 5.97 Å². The molecule has 0 unspecified atom stereocenters. The molecule has 1 rings (SSSR count). The topological polar surface area (TPSA) is 61.1 Å². The van der Waals surface area contributed by atoms with Crippen molar-refractivity contribution in [1.82, 2.24) is 0 Å². The van der Waals surface area contributed by atoms with Gasteiger partial charge in [0.15, 0.2) is 11.6 Å². The van der Waals surface area contributed by atoms with Crippen molar-refractivity contribution < 1.29 is 18.7 Å². The van der Waals surface area contributed by atoms with Gasteiger partial charge in [-0.05, 0) is 12.1 Å². The highest BCUT2D eigenvalue weighted by Gasteiger charge is 2.10. The highest BCUT2D eigenvalue weighted by atomic mass is 19.2. The molecule has 0 heterocycles. The minimum Gasteiger partial charge on any atom is -0.477 e. The molecule has 0 radical (unpaired) electrons. The van der Waals surface area contributed by atoms with Crippen LogP contribution in [0.5, 0.6) is 0 Å². The van der Waals surface area contributed by atoms with Gasteiger partial charge in [-0.3, -0.25) is 0 Å². The Labute approximate surface area is 83.9 Å². The molecule has 1 N–H and O–H groups in total. The number of rotatable bonds is 2. The number of carboxylic acid groups (broad SMARTS) is 1. The zero-order valence-electron chi connectivity index (χ0n) is 7.37. The number of carbonyl (C=O) groups is 1. The van der Waals surface area contributed by atoms with Crippen molar-refractivity contribution in [2.24, 2.45) is 0 Å². The number of hydrogen-bond donors (Lipinski definition) is 1. The summed E-state index contributed by atoms with van der Waals surface area (Å²) in [6.45, 7) is 0. The van der Waals surface area contributed by atoms with Crippen molar-refractivity contribution >= 4 is 12.0 Å². The molecule has 0 aliphatic heterocycles. The van der Waals surface area contributed by atoms with Crippen LogP contribution in [-0.2, 0) is 4.79 Å². The average molecular weight is 209 g/mol. The molecule has 0 aliphatic rings. The van der Waals surface area contributed by atoms with E-state index in [4.69, 9.17) is 10.4 Å². The quantitative estimate of drug-likeness (QED) is 0.598. The molecule has 15 heavy (non-hydrogen) atoms. The minimum absolute atomic E-state index is 0.269. The second-order valence-electron chi connectivity index (χ2n) is 2.62. The Kier molecular flexibility index (Phi) is 3.13. The number of nitrogens with zero attached hydrogens (tertiary/aromatic N) is 1. The van der Waals surface area contributed by atoms with Gasteiger partial charge in [-0.25, -0.2) is 13.6 Å². The van der Waals surface area contributed by atoms with Gasteiger partial charge < -0.3 is 5.11 Å². The van der Waals surface area contributed by atoms with E-state index in [1.807, 2.05) is 0 Å². The summed E-state index contributed by atoms with van der Waals surface area (Å²) in [5.74, 6) is -3.75. The van der Waals surface area contributed by atoms with E-state index in [0.29, 0.717) is 0 Å². The van der Waals surface area contributed by atoms with Crippen LogP contribution in [0.25, 0.3) is 6.08 Å². The molecule has 76 valence electrons. The minimum atomic E-state index is -1.49. The summed E-state index contributed by atoms with van der Waals surface area (Å²) in [6, 6.07) is 4.67. The maximum absolute atomic E-state index is 13.0. The fraction of sp³-hybridized carbons (Fsp3) is 0. The Morgan fingerprint density at radius 3 is 2.67 bits per heavy atom. The number of aliphatic carboxylic acids is 1. The summed E-state index contributed by atoms with van der Waals surface area (Å²) >= 11 is 0. The second-order valence-corrected chi connectivity index (χ2v) is 2.62. The Morgan fingerprint density at radius 1 is 1.47 bits per heavy atom. The Morgan fingerprint density at radius 2 is 2.13 bits per heavy atom. The molecule has 0 aliphatic carbocycles. The van der Waals surface area contributed by atoms with Crippen molar-refractivity contribution in [2.45, 2.75) is 0 Å². The molecule has 0 saturated heterocycles. The first kappa shape index (κ1) is 10.9. The largest absolute Gasteiger partial charge is 0.477 e. The summed E-state index contributed by atoms with van der Waals surface area (Å²) < 4.78 is 25.7. The van der Waals surface area contributed by atoms with Crippen molar-refractivity contribution in [3.8, 4) is 6.07 Å². The maximum Gasteiger partial charge on any atom is 0.346 e.